The van der Waals surface area contributed by atoms with E-state index in [-0.39, 0.29) is 11.8 Å². The zero-order valence-corrected chi connectivity index (χ0v) is 24.2. The van der Waals surface area contributed by atoms with Gasteiger partial charge in [-0.2, -0.15) is 0 Å². The third-order valence-electron chi connectivity index (χ3n) is 6.10. The quantitative estimate of drug-likeness (QED) is 0.305. The van der Waals surface area contributed by atoms with E-state index < -0.39 is 0 Å². The number of rotatable bonds is 8. The van der Waals surface area contributed by atoms with Gasteiger partial charge in [0.25, 0.3) is 0 Å². The van der Waals surface area contributed by atoms with Crippen molar-refractivity contribution >= 4 is 4.08 Å². The zero-order valence-electron chi connectivity index (χ0n) is 21.3. The Kier molecular flexibility index (Phi) is 27.3. The molecule has 4 atom stereocenters. The Balaban J connectivity index is -0.00000103. The molecule has 1 saturated heterocycles. The summed E-state index contributed by atoms with van der Waals surface area (Å²) in [7, 11) is 5.38. The van der Waals surface area contributed by atoms with Crippen LogP contribution < -0.4 is 0 Å². The molecule has 0 amide bonds. The molecule has 2 heterocycles. The number of furan rings is 1. The minimum absolute atomic E-state index is 0.273. The van der Waals surface area contributed by atoms with E-state index in [0.29, 0.717) is 18.6 Å². The van der Waals surface area contributed by atoms with Gasteiger partial charge in [-0.3, -0.25) is 0 Å². The fourth-order valence-electron chi connectivity index (χ4n) is 4.81. The van der Waals surface area contributed by atoms with E-state index in [2.05, 4.69) is 51.1 Å². The van der Waals surface area contributed by atoms with E-state index in [4.69, 9.17) is 41.9 Å². The monoisotopic (exact) mass is 685 g/mol. The molecule has 10 nitrogen and oxygen atoms in total. The van der Waals surface area contributed by atoms with Gasteiger partial charge in [0, 0.05) is 0 Å². The molecule has 1 aliphatic heterocycles. The molecule has 200 valence electrons. The molecule has 0 aromatic carbocycles. The first-order chi connectivity index (χ1) is 18.1. The van der Waals surface area contributed by atoms with Crippen molar-refractivity contribution in [1.29, 1.82) is 0 Å². The van der Waals surface area contributed by atoms with Crippen LogP contribution in [0.5, 0.6) is 0 Å². The predicted octanol–water partition coefficient (Wildman–Crippen LogP) is 3.17. The standard InChI is InChI=1S/C21H31NO4.5CO.W/c1-15-18(13-24-3)19(14-25-4)17(21-8-6-10-26-21)11-20(15)22-9-5-7-16(22)12-23-2;5*1-2;/h6,8,10,16-19H,5,7,9,11-13H2,1-4H3;;;;;;/t16-,17-,18-,19+;;;;;;/m0....../s1. The average Bonchev–Trinajstić information content (AvgIpc) is 3.68. The second-order valence-electron chi connectivity index (χ2n) is 7.51. The van der Waals surface area contributed by atoms with Gasteiger partial charge in [-0.15, -0.1) is 0 Å². The Bertz CT molecular complexity index is 836. The normalized spacial score (nSPS) is 21.3. The number of ether oxygens (including phenoxy) is 3. The first kappa shape index (κ1) is 39.5. The van der Waals surface area contributed by atoms with Gasteiger partial charge in [-0.05, 0) is 0 Å². The molecule has 37 heavy (non-hydrogen) atoms. The van der Waals surface area contributed by atoms with Crippen molar-refractivity contribution in [2.45, 2.75) is 38.1 Å². The summed E-state index contributed by atoms with van der Waals surface area (Å²) in [6, 6.07) is 4.56. The summed E-state index contributed by atoms with van der Waals surface area (Å²) in [4.78, 5) is 2.59. The van der Waals surface area contributed by atoms with Gasteiger partial charge in [0.05, 0.1) is 0 Å². The van der Waals surface area contributed by atoms with Gasteiger partial charge in [-0.25, -0.2) is 0 Å². The topological polar surface area (TPSA) is 144 Å². The number of hydrogen-bond donors (Lipinski definition) is 0. The first-order valence-electron chi connectivity index (χ1n) is 10.7. The van der Waals surface area contributed by atoms with Crippen molar-refractivity contribution in [3.63, 3.8) is 0 Å². The van der Waals surface area contributed by atoms with E-state index in [1.54, 1.807) is 27.6 Å². The van der Waals surface area contributed by atoms with Crippen molar-refractivity contribution in [2.75, 3.05) is 41.1 Å². The van der Waals surface area contributed by atoms with Crippen LogP contribution in [0.3, 0.4) is 0 Å². The van der Waals surface area contributed by atoms with Gasteiger partial charge in [0.2, 0.25) is 0 Å². The summed E-state index contributed by atoms with van der Waals surface area (Å²) in [5.41, 5.74) is 2.89. The van der Waals surface area contributed by atoms with Crippen LogP contribution in [0.15, 0.2) is 34.1 Å². The van der Waals surface area contributed by atoms with Crippen molar-refractivity contribution in [3.8, 4) is 0 Å². The van der Waals surface area contributed by atoms with E-state index in [1.165, 1.54) is 43.5 Å². The molecule has 1 aliphatic carbocycles. The summed E-state index contributed by atoms with van der Waals surface area (Å²) >= 11 is 1.38. The van der Waals surface area contributed by atoms with Crippen LogP contribution in [0, 0.1) is 45.1 Å². The molecular weight excluding hydrogens is 654 g/mol. The Hall–Kier alpha value is -2.04. The molecule has 2 aliphatic rings. The number of methoxy groups -OCH3 is 3. The van der Waals surface area contributed by atoms with E-state index in [1.807, 2.05) is 6.07 Å². The molecule has 1 aromatic heterocycles. The predicted molar refractivity (Wildman–Crippen MR) is 121 cm³/mol. The van der Waals surface area contributed by atoms with E-state index in [9.17, 15) is 0 Å². The Labute approximate surface area is 229 Å². The first-order valence-corrected chi connectivity index (χ1v) is 12.2. The zero-order chi connectivity index (χ0) is 29.4. The van der Waals surface area contributed by atoms with Crippen molar-refractivity contribution < 1.29 is 61.2 Å². The summed E-state index contributed by atoms with van der Waals surface area (Å²) in [5.74, 6) is 1.90. The molecule has 0 spiro atoms. The fraction of sp³-hybridized carbons (Fsp3) is 0.538. The maximum atomic E-state index is 7.50. The molecule has 0 N–H and O–H groups in total. The maximum absolute atomic E-state index is 7.50. The van der Waals surface area contributed by atoms with Crippen LogP contribution in [0.2, 0.25) is 0 Å². The second-order valence-corrected chi connectivity index (χ2v) is 8.96. The minimum atomic E-state index is 0.273. The van der Waals surface area contributed by atoms with Crippen molar-refractivity contribution in [1.82, 2.24) is 4.90 Å². The Morgan fingerprint density at radius 1 is 1.00 bits per heavy atom. The van der Waals surface area contributed by atoms with Crippen LogP contribution in [0.25, 0.3) is 0 Å². The Morgan fingerprint density at radius 2 is 1.57 bits per heavy atom. The third kappa shape index (κ3) is 11.5. The average molecular weight is 685 g/mol. The number of allylic oxidation sites excluding steroid dienone is 1. The summed E-state index contributed by atoms with van der Waals surface area (Å²) in [6.45, 7) is 27.4. The van der Waals surface area contributed by atoms with Crippen molar-refractivity contribution in [3.05, 3.63) is 68.7 Å². The number of nitrogens with zero attached hydrogens (tertiary/aromatic N) is 1. The van der Waals surface area contributed by atoms with Crippen LogP contribution in [0.4, 0.5) is 0 Å². The van der Waals surface area contributed by atoms with E-state index >= 15 is 0 Å². The van der Waals surface area contributed by atoms with Crippen molar-refractivity contribution in [2.24, 2.45) is 11.8 Å². The van der Waals surface area contributed by atoms with Gasteiger partial charge in [-0.1, -0.05) is 0 Å². The number of hydrogen-bond acceptors (Lipinski definition) is 5. The molecule has 0 radical (unpaired) electrons. The molecule has 1 fully saturated rings. The summed E-state index contributed by atoms with van der Waals surface area (Å²) in [5, 5.41) is 0. The SMILES string of the molecule is COC[C@@H]1CCCN1C1=C(C)[C@H](COC)[C@H]([C](=[W])OC)[C@@H](c2ccco2)C1.[C-]#[O+].[C-]#[O+].[C-]#[O+].[C-]#[O+].[C-]#[O+]. The molecule has 1 aromatic rings. The van der Waals surface area contributed by atoms with Gasteiger partial charge < -0.3 is 0 Å². The molecule has 3 rings (SSSR count). The van der Waals surface area contributed by atoms with Gasteiger partial charge in [0.15, 0.2) is 0 Å². The molecule has 0 unspecified atom stereocenters. The van der Waals surface area contributed by atoms with Gasteiger partial charge in [0.1, 0.15) is 0 Å². The van der Waals surface area contributed by atoms with Crippen LogP contribution in [-0.4, -0.2) is 56.1 Å². The fourth-order valence-corrected chi connectivity index (χ4v) is 5.99. The molecule has 0 bridgehead atoms. The molecular formula is C26H31NO9W. The summed E-state index contributed by atoms with van der Waals surface area (Å²) in [6.07, 6.45) is 5.18. The Morgan fingerprint density at radius 3 is 2.03 bits per heavy atom. The second kappa shape index (κ2) is 25.6. The third-order valence-corrected chi connectivity index (χ3v) is 7.68. The molecule has 0 saturated carbocycles. The number of likely N-dealkylation sites (tertiary alicyclic amines) is 1. The molecule has 11 heteroatoms. The van der Waals surface area contributed by atoms with Crippen LogP contribution in [-0.2, 0) is 56.8 Å². The van der Waals surface area contributed by atoms with E-state index in [0.717, 1.165) is 29.4 Å². The van der Waals surface area contributed by atoms with Gasteiger partial charge >= 0.3 is 230 Å². The summed E-state index contributed by atoms with van der Waals surface area (Å²) < 4.78 is 61.4. The van der Waals surface area contributed by atoms with Crippen LogP contribution >= 0.6 is 0 Å². The van der Waals surface area contributed by atoms with Crippen LogP contribution in [0.1, 0.15) is 37.9 Å².